The van der Waals surface area contributed by atoms with Crippen LogP contribution in [0.3, 0.4) is 0 Å². The molecule has 0 saturated carbocycles. The lowest BCUT2D eigenvalue weighted by molar-refractivity contribution is -0.121. The SMILES string of the molecule is CCN(CC[C@H]1CCC(C)N1C(=O)NC(=O)C(C)NC)C(=O)Nc1ccc(NC(=O)N(CCC=O)CC[C@H]2CCCN2C)cc1. The highest BCUT2D eigenvalue weighted by atomic mass is 16.2. The smallest absolute Gasteiger partial charge is 0.324 e. The Kier molecular flexibility index (Phi) is 14.1. The predicted octanol–water partition coefficient (Wildman–Crippen LogP) is 3.53. The number of rotatable bonds is 14. The van der Waals surface area contributed by atoms with Crippen molar-refractivity contribution in [1.82, 2.24) is 30.2 Å². The van der Waals surface area contributed by atoms with Gasteiger partial charge in [-0.05, 0) is 104 Å². The number of nitrogens with one attached hydrogen (secondary N) is 4. The Morgan fingerprint density at radius 3 is 2.09 bits per heavy atom. The van der Waals surface area contributed by atoms with Crippen LogP contribution in [0.25, 0.3) is 0 Å². The summed E-state index contributed by atoms with van der Waals surface area (Å²) in [4.78, 5) is 69.7. The Hall–Kier alpha value is -3.71. The summed E-state index contributed by atoms with van der Waals surface area (Å²) in [7, 11) is 3.77. The molecule has 4 N–H and O–H groups in total. The molecule has 2 aliphatic heterocycles. The first-order chi connectivity index (χ1) is 21.6. The number of carbonyl (C=O) groups excluding carboxylic acids is 5. The molecule has 2 heterocycles. The average Bonchev–Trinajstić information content (AvgIpc) is 3.61. The number of imide groups is 1. The second-order valence-corrected chi connectivity index (χ2v) is 12.1. The number of anilines is 2. The molecule has 4 atom stereocenters. The van der Waals surface area contributed by atoms with E-state index in [9.17, 15) is 24.0 Å². The maximum atomic E-state index is 13.1. The van der Waals surface area contributed by atoms with Crippen molar-refractivity contribution in [2.75, 3.05) is 57.5 Å². The second-order valence-electron chi connectivity index (χ2n) is 12.1. The van der Waals surface area contributed by atoms with Crippen LogP contribution in [-0.2, 0) is 9.59 Å². The Balaban J connectivity index is 1.51. The van der Waals surface area contributed by atoms with E-state index in [2.05, 4.69) is 33.2 Å². The van der Waals surface area contributed by atoms with Gasteiger partial charge in [-0.15, -0.1) is 0 Å². The first-order valence-electron chi connectivity index (χ1n) is 16.2. The minimum Gasteiger partial charge on any atom is -0.325 e. The van der Waals surface area contributed by atoms with Crippen LogP contribution < -0.4 is 21.3 Å². The van der Waals surface area contributed by atoms with Gasteiger partial charge in [-0.1, -0.05) is 0 Å². The lowest BCUT2D eigenvalue weighted by atomic mass is 10.1. The molecule has 1 aromatic carbocycles. The van der Waals surface area contributed by atoms with Crippen molar-refractivity contribution in [2.24, 2.45) is 0 Å². The summed E-state index contributed by atoms with van der Waals surface area (Å²) in [5, 5.41) is 11.2. The number of amides is 7. The number of hydrogen-bond donors (Lipinski definition) is 4. The highest BCUT2D eigenvalue weighted by Crippen LogP contribution is 2.27. The molecule has 0 bridgehead atoms. The summed E-state index contributed by atoms with van der Waals surface area (Å²) in [5.41, 5.74) is 1.18. The number of likely N-dealkylation sites (tertiary alicyclic amines) is 2. The van der Waals surface area contributed by atoms with E-state index in [0.717, 1.165) is 44.9 Å². The highest BCUT2D eigenvalue weighted by molar-refractivity contribution is 5.97. The Labute approximate surface area is 267 Å². The normalized spacial score (nSPS) is 20.4. The number of hydrogen-bond acceptors (Lipinski definition) is 7. The van der Waals surface area contributed by atoms with Crippen molar-refractivity contribution in [2.45, 2.75) is 89.9 Å². The monoisotopic (exact) mass is 628 g/mol. The number of nitrogens with zero attached hydrogens (tertiary/aromatic N) is 4. The van der Waals surface area contributed by atoms with Crippen molar-refractivity contribution in [3.8, 4) is 0 Å². The van der Waals surface area contributed by atoms with Gasteiger partial charge >= 0.3 is 18.1 Å². The van der Waals surface area contributed by atoms with Gasteiger partial charge in [-0.3, -0.25) is 10.1 Å². The third-order valence-corrected chi connectivity index (χ3v) is 9.07. The van der Waals surface area contributed by atoms with Crippen molar-refractivity contribution >= 4 is 41.7 Å². The number of urea groups is 3. The molecule has 0 radical (unpaired) electrons. The van der Waals surface area contributed by atoms with Gasteiger partial charge in [0, 0.05) is 62.1 Å². The maximum Gasteiger partial charge on any atom is 0.324 e. The lowest BCUT2D eigenvalue weighted by Gasteiger charge is -2.30. The zero-order chi connectivity index (χ0) is 32.9. The minimum atomic E-state index is -0.480. The van der Waals surface area contributed by atoms with E-state index >= 15 is 0 Å². The molecule has 3 rings (SSSR count). The topological polar surface area (TPSA) is 146 Å². The average molecular weight is 629 g/mol. The molecule has 13 heteroatoms. The van der Waals surface area contributed by atoms with Gasteiger partial charge in [0.15, 0.2) is 0 Å². The number of aldehydes is 1. The van der Waals surface area contributed by atoms with Gasteiger partial charge in [-0.25, -0.2) is 14.4 Å². The summed E-state index contributed by atoms with van der Waals surface area (Å²) in [6.45, 7) is 8.51. The number of carbonyl (C=O) groups is 5. The molecule has 0 aromatic heterocycles. The zero-order valence-corrected chi connectivity index (χ0v) is 27.5. The third kappa shape index (κ3) is 10.4. The summed E-state index contributed by atoms with van der Waals surface area (Å²) >= 11 is 0. The highest BCUT2D eigenvalue weighted by Gasteiger charge is 2.35. The molecule has 13 nitrogen and oxygen atoms in total. The van der Waals surface area contributed by atoms with E-state index in [4.69, 9.17) is 0 Å². The van der Waals surface area contributed by atoms with Crippen LogP contribution in [0.2, 0.25) is 0 Å². The van der Waals surface area contributed by atoms with E-state index in [1.54, 1.807) is 52.9 Å². The third-order valence-electron chi connectivity index (χ3n) is 9.07. The Morgan fingerprint density at radius 2 is 1.53 bits per heavy atom. The predicted molar refractivity (Wildman–Crippen MR) is 175 cm³/mol. The number of benzene rings is 1. The largest absolute Gasteiger partial charge is 0.325 e. The van der Waals surface area contributed by atoms with Crippen LogP contribution >= 0.6 is 0 Å². The molecule has 2 fully saturated rings. The molecule has 2 saturated heterocycles. The van der Waals surface area contributed by atoms with Crippen molar-refractivity contribution in [3.05, 3.63) is 24.3 Å². The van der Waals surface area contributed by atoms with Gasteiger partial charge in [0.25, 0.3) is 0 Å². The summed E-state index contributed by atoms with van der Waals surface area (Å²) < 4.78 is 0. The molecule has 2 aliphatic rings. The summed E-state index contributed by atoms with van der Waals surface area (Å²) in [6.07, 6.45) is 6.50. The van der Waals surface area contributed by atoms with Gasteiger partial charge < -0.3 is 40.3 Å². The molecular weight excluding hydrogens is 576 g/mol. The summed E-state index contributed by atoms with van der Waals surface area (Å²) in [5.74, 6) is -0.372. The van der Waals surface area contributed by atoms with Crippen LogP contribution in [0.1, 0.15) is 65.7 Å². The second kappa shape index (κ2) is 17.7. The molecular formula is C32H52N8O5. The van der Waals surface area contributed by atoms with E-state index in [1.165, 1.54) is 0 Å². The van der Waals surface area contributed by atoms with E-state index in [-0.39, 0.29) is 36.5 Å². The van der Waals surface area contributed by atoms with Crippen LogP contribution in [-0.4, -0.2) is 121 Å². The number of likely N-dealkylation sites (N-methyl/N-ethyl adjacent to an activating group) is 1. The molecule has 45 heavy (non-hydrogen) atoms. The molecule has 2 unspecified atom stereocenters. The van der Waals surface area contributed by atoms with Crippen LogP contribution in [0.5, 0.6) is 0 Å². The van der Waals surface area contributed by atoms with E-state index in [1.807, 2.05) is 13.8 Å². The lowest BCUT2D eigenvalue weighted by Crippen LogP contribution is -2.52. The quantitative estimate of drug-likeness (QED) is 0.231. The fourth-order valence-corrected chi connectivity index (χ4v) is 6.05. The Morgan fingerprint density at radius 1 is 0.933 bits per heavy atom. The first kappa shape index (κ1) is 35.8. The fourth-order valence-electron chi connectivity index (χ4n) is 6.05. The van der Waals surface area contributed by atoms with Crippen molar-refractivity contribution in [1.29, 1.82) is 0 Å². The van der Waals surface area contributed by atoms with Crippen LogP contribution in [0, 0.1) is 0 Å². The van der Waals surface area contributed by atoms with Crippen molar-refractivity contribution < 1.29 is 24.0 Å². The molecule has 7 amide bonds. The standard InChI is InChI=1S/C32H52N8O5/c1-6-38(20-17-28-15-10-23(2)40(28)32(45)36-29(42)24(3)33-4)30(43)34-25-11-13-26(14-12-25)35-31(44)39(19-8-22-41)21-16-27-9-7-18-37(27)5/h11-14,22-24,27-28,33H,6-10,15-21H2,1-5H3,(H,34,43)(H,35,44)(H,36,42,45)/t23?,24?,27-,28-/m1/s1. The molecule has 1 aromatic rings. The van der Waals surface area contributed by atoms with Gasteiger partial charge in [0.1, 0.15) is 6.29 Å². The van der Waals surface area contributed by atoms with Crippen LogP contribution in [0.15, 0.2) is 24.3 Å². The van der Waals surface area contributed by atoms with Gasteiger partial charge in [0.2, 0.25) is 5.91 Å². The maximum absolute atomic E-state index is 13.1. The van der Waals surface area contributed by atoms with Gasteiger partial charge in [-0.2, -0.15) is 0 Å². The molecule has 0 aliphatic carbocycles. The molecule has 0 spiro atoms. The zero-order valence-electron chi connectivity index (χ0n) is 27.5. The van der Waals surface area contributed by atoms with Gasteiger partial charge in [0.05, 0.1) is 6.04 Å². The minimum absolute atomic E-state index is 0.00158. The van der Waals surface area contributed by atoms with E-state index in [0.29, 0.717) is 50.0 Å². The Bertz CT molecular complexity index is 1150. The van der Waals surface area contributed by atoms with E-state index < -0.39 is 12.1 Å². The molecule has 250 valence electrons. The van der Waals surface area contributed by atoms with Crippen LogP contribution in [0.4, 0.5) is 25.8 Å². The van der Waals surface area contributed by atoms with Crippen molar-refractivity contribution in [3.63, 3.8) is 0 Å². The fraction of sp³-hybridized carbons (Fsp3) is 0.656. The first-order valence-corrected chi connectivity index (χ1v) is 16.2. The summed E-state index contributed by atoms with van der Waals surface area (Å²) in [6, 6.07) is 5.92.